The summed E-state index contributed by atoms with van der Waals surface area (Å²) in [6, 6.07) is 16.0. The number of rotatable bonds is 9. The molecule has 0 heterocycles. The van der Waals surface area contributed by atoms with Crippen LogP contribution in [0.2, 0.25) is 0 Å². The first-order chi connectivity index (χ1) is 14.0. The van der Waals surface area contributed by atoms with Gasteiger partial charge in [0.2, 0.25) is 5.91 Å². The SMILES string of the molecule is C[C@H](NC(=O)C1(NCCOc2ccccc2)CCCC1)c1ccc(C(=O)O)cc1.Cl. The normalized spacial score (nSPS) is 15.6. The van der Waals surface area contributed by atoms with E-state index in [9.17, 15) is 9.59 Å². The number of para-hydroxylation sites is 1. The van der Waals surface area contributed by atoms with Gasteiger partial charge in [0, 0.05) is 6.54 Å². The standard InChI is InChI=1S/C23H28N2O4.ClH/c1-17(18-9-11-19(12-10-18)21(26)27)25-22(28)23(13-5-6-14-23)24-15-16-29-20-7-3-2-4-8-20;/h2-4,7-12,17,24H,5-6,13-16H2,1H3,(H,25,28)(H,26,27);1H/t17-;/m0./s1. The number of amides is 1. The molecule has 0 spiro atoms. The molecule has 2 aromatic rings. The van der Waals surface area contributed by atoms with Crippen molar-refractivity contribution in [1.82, 2.24) is 10.6 Å². The highest BCUT2D eigenvalue weighted by Gasteiger charge is 2.41. The van der Waals surface area contributed by atoms with Gasteiger partial charge in [0.15, 0.2) is 0 Å². The third-order valence-electron chi connectivity index (χ3n) is 5.47. The number of halogens is 1. The van der Waals surface area contributed by atoms with E-state index in [4.69, 9.17) is 9.84 Å². The predicted octanol–water partition coefficient (Wildman–Crippen LogP) is 3.97. The van der Waals surface area contributed by atoms with Crippen molar-refractivity contribution >= 4 is 24.3 Å². The second kappa shape index (κ2) is 11.0. The fourth-order valence-corrected chi connectivity index (χ4v) is 3.77. The number of nitrogens with one attached hydrogen (secondary N) is 2. The van der Waals surface area contributed by atoms with Crippen molar-refractivity contribution < 1.29 is 19.4 Å². The molecule has 0 unspecified atom stereocenters. The van der Waals surface area contributed by atoms with Crippen molar-refractivity contribution in [2.75, 3.05) is 13.2 Å². The molecule has 162 valence electrons. The largest absolute Gasteiger partial charge is 0.492 e. The van der Waals surface area contributed by atoms with Gasteiger partial charge in [-0.25, -0.2) is 4.79 Å². The summed E-state index contributed by atoms with van der Waals surface area (Å²) in [4.78, 5) is 24.1. The fraction of sp³-hybridized carbons (Fsp3) is 0.391. The molecule has 1 fully saturated rings. The molecule has 0 aromatic heterocycles. The van der Waals surface area contributed by atoms with E-state index in [1.165, 1.54) is 0 Å². The number of hydrogen-bond acceptors (Lipinski definition) is 4. The number of hydrogen-bond donors (Lipinski definition) is 3. The molecular weight excluding hydrogens is 404 g/mol. The van der Waals surface area contributed by atoms with Crippen LogP contribution in [-0.4, -0.2) is 35.7 Å². The molecule has 0 saturated heterocycles. The molecular formula is C23H29ClN2O4. The minimum atomic E-state index is -0.958. The molecule has 1 amide bonds. The predicted molar refractivity (Wildman–Crippen MR) is 118 cm³/mol. The van der Waals surface area contributed by atoms with Crippen molar-refractivity contribution in [2.24, 2.45) is 0 Å². The van der Waals surface area contributed by atoms with E-state index in [2.05, 4.69) is 10.6 Å². The smallest absolute Gasteiger partial charge is 0.335 e. The van der Waals surface area contributed by atoms with Crippen LogP contribution in [0.25, 0.3) is 0 Å². The summed E-state index contributed by atoms with van der Waals surface area (Å²) < 4.78 is 5.73. The Kier molecular flexibility index (Phi) is 8.69. The number of carboxylic acid groups (broad SMARTS) is 1. The Morgan fingerprint density at radius 3 is 2.30 bits per heavy atom. The molecule has 1 saturated carbocycles. The molecule has 1 aliphatic rings. The number of carboxylic acids is 1. The molecule has 1 atom stereocenters. The molecule has 1 aliphatic carbocycles. The topological polar surface area (TPSA) is 87.7 Å². The molecule has 0 aliphatic heterocycles. The van der Waals surface area contributed by atoms with Crippen LogP contribution < -0.4 is 15.4 Å². The average Bonchev–Trinajstić information content (AvgIpc) is 3.22. The van der Waals surface area contributed by atoms with Crippen LogP contribution in [-0.2, 0) is 4.79 Å². The monoisotopic (exact) mass is 432 g/mol. The summed E-state index contributed by atoms with van der Waals surface area (Å²) in [5.74, 6) is -0.151. The molecule has 0 radical (unpaired) electrons. The summed E-state index contributed by atoms with van der Waals surface area (Å²) in [6.45, 7) is 2.99. The Labute approximate surface area is 183 Å². The second-order valence-electron chi connectivity index (χ2n) is 7.50. The average molecular weight is 433 g/mol. The highest BCUT2D eigenvalue weighted by Crippen LogP contribution is 2.30. The van der Waals surface area contributed by atoms with Gasteiger partial charge < -0.3 is 15.2 Å². The lowest BCUT2D eigenvalue weighted by molar-refractivity contribution is -0.128. The van der Waals surface area contributed by atoms with E-state index in [-0.39, 0.29) is 29.9 Å². The molecule has 3 N–H and O–H groups in total. The minimum absolute atomic E-state index is 0. The molecule has 6 nitrogen and oxygen atoms in total. The lowest BCUT2D eigenvalue weighted by Gasteiger charge is -2.31. The first-order valence-corrected chi connectivity index (χ1v) is 10.1. The minimum Gasteiger partial charge on any atom is -0.492 e. The van der Waals surface area contributed by atoms with Gasteiger partial charge in [-0.15, -0.1) is 12.4 Å². The van der Waals surface area contributed by atoms with Crippen molar-refractivity contribution in [3.8, 4) is 5.75 Å². The summed E-state index contributed by atoms with van der Waals surface area (Å²) in [5, 5.41) is 15.6. The Morgan fingerprint density at radius 2 is 1.70 bits per heavy atom. The fourth-order valence-electron chi connectivity index (χ4n) is 3.77. The zero-order valence-electron chi connectivity index (χ0n) is 17.1. The number of carbonyl (C=O) groups is 2. The van der Waals surface area contributed by atoms with Crippen LogP contribution in [0.1, 0.15) is 54.6 Å². The zero-order chi connectivity index (χ0) is 20.7. The van der Waals surface area contributed by atoms with Gasteiger partial charge in [-0.2, -0.15) is 0 Å². The molecule has 2 aromatic carbocycles. The van der Waals surface area contributed by atoms with Gasteiger partial charge in [-0.3, -0.25) is 10.1 Å². The Bertz CT molecular complexity index is 821. The third kappa shape index (κ3) is 5.97. The Morgan fingerprint density at radius 1 is 1.07 bits per heavy atom. The van der Waals surface area contributed by atoms with E-state index in [1.54, 1.807) is 24.3 Å². The summed E-state index contributed by atoms with van der Waals surface area (Å²) >= 11 is 0. The third-order valence-corrected chi connectivity index (χ3v) is 5.47. The number of aromatic carboxylic acids is 1. The van der Waals surface area contributed by atoms with Crippen LogP contribution in [0.3, 0.4) is 0 Å². The van der Waals surface area contributed by atoms with E-state index in [1.807, 2.05) is 37.3 Å². The quantitative estimate of drug-likeness (QED) is 0.522. The van der Waals surface area contributed by atoms with Gasteiger partial charge in [-0.1, -0.05) is 43.2 Å². The van der Waals surface area contributed by atoms with Gasteiger partial charge in [0.25, 0.3) is 0 Å². The van der Waals surface area contributed by atoms with E-state index in [0.29, 0.717) is 13.2 Å². The van der Waals surface area contributed by atoms with Crippen molar-refractivity contribution in [1.29, 1.82) is 0 Å². The van der Waals surface area contributed by atoms with E-state index in [0.717, 1.165) is 37.0 Å². The lowest BCUT2D eigenvalue weighted by atomic mass is 9.95. The van der Waals surface area contributed by atoms with Crippen LogP contribution in [0.5, 0.6) is 5.75 Å². The zero-order valence-corrected chi connectivity index (χ0v) is 17.9. The highest BCUT2D eigenvalue weighted by molar-refractivity contribution is 5.88. The van der Waals surface area contributed by atoms with Crippen LogP contribution in [0.4, 0.5) is 0 Å². The van der Waals surface area contributed by atoms with Crippen LogP contribution >= 0.6 is 12.4 Å². The van der Waals surface area contributed by atoms with Gasteiger partial charge >= 0.3 is 5.97 Å². The van der Waals surface area contributed by atoms with Gasteiger partial charge in [0.05, 0.1) is 17.1 Å². The number of benzene rings is 2. The van der Waals surface area contributed by atoms with Gasteiger partial charge in [0.1, 0.15) is 12.4 Å². The van der Waals surface area contributed by atoms with Crippen molar-refractivity contribution in [3.63, 3.8) is 0 Å². The number of ether oxygens (including phenoxy) is 1. The number of carbonyl (C=O) groups excluding carboxylic acids is 1. The van der Waals surface area contributed by atoms with Gasteiger partial charge in [-0.05, 0) is 49.6 Å². The van der Waals surface area contributed by atoms with E-state index < -0.39 is 11.5 Å². The maximum absolute atomic E-state index is 13.1. The van der Waals surface area contributed by atoms with Crippen LogP contribution in [0.15, 0.2) is 54.6 Å². The van der Waals surface area contributed by atoms with Crippen molar-refractivity contribution in [3.05, 3.63) is 65.7 Å². The molecule has 3 rings (SSSR count). The lowest BCUT2D eigenvalue weighted by Crippen LogP contribution is -2.56. The first kappa shape index (κ1) is 23.7. The van der Waals surface area contributed by atoms with Crippen LogP contribution in [0, 0.1) is 0 Å². The maximum atomic E-state index is 13.1. The Balaban J connectivity index is 0.00000320. The Hall–Kier alpha value is -2.57. The summed E-state index contributed by atoms with van der Waals surface area (Å²) in [6.07, 6.45) is 3.63. The second-order valence-corrected chi connectivity index (χ2v) is 7.50. The summed E-state index contributed by atoms with van der Waals surface area (Å²) in [7, 11) is 0. The van der Waals surface area contributed by atoms with Crippen molar-refractivity contribution in [2.45, 2.75) is 44.2 Å². The first-order valence-electron chi connectivity index (χ1n) is 10.1. The summed E-state index contributed by atoms with van der Waals surface area (Å²) in [5.41, 5.74) is 0.540. The molecule has 7 heteroatoms. The maximum Gasteiger partial charge on any atom is 0.335 e. The van der Waals surface area contributed by atoms with E-state index >= 15 is 0 Å². The molecule has 30 heavy (non-hydrogen) atoms. The molecule has 0 bridgehead atoms. The highest BCUT2D eigenvalue weighted by atomic mass is 35.5.